The number of anilines is 1. The van der Waals surface area contributed by atoms with Crippen molar-refractivity contribution in [3.8, 4) is 0 Å². The number of amides is 1. The van der Waals surface area contributed by atoms with Crippen molar-refractivity contribution in [2.24, 2.45) is 5.73 Å². The summed E-state index contributed by atoms with van der Waals surface area (Å²) < 4.78 is 0. The highest BCUT2D eigenvalue weighted by atomic mass is 16.1. The van der Waals surface area contributed by atoms with Crippen LogP contribution in [0.25, 0.3) is 21.8 Å². The number of fused-ring (bicyclic) bond motifs is 3. The minimum atomic E-state index is -0.381. The van der Waals surface area contributed by atoms with Gasteiger partial charge in [-0.2, -0.15) is 0 Å². The molecular weight excluding hydrogens is 300 g/mol. The molecule has 2 heterocycles. The molecule has 1 aliphatic rings. The summed E-state index contributed by atoms with van der Waals surface area (Å²) in [5, 5.41) is 5.60. The van der Waals surface area contributed by atoms with Gasteiger partial charge in [-0.25, -0.2) is 0 Å². The van der Waals surface area contributed by atoms with Gasteiger partial charge in [0.1, 0.15) is 0 Å². The second-order valence-corrected chi connectivity index (χ2v) is 6.60. The topological polar surface area (TPSA) is 74.2 Å². The summed E-state index contributed by atoms with van der Waals surface area (Å²) in [6.45, 7) is 7.01. The molecule has 1 saturated heterocycles. The van der Waals surface area contributed by atoms with Crippen molar-refractivity contribution < 1.29 is 4.79 Å². The summed E-state index contributed by atoms with van der Waals surface area (Å²) in [5.41, 5.74) is 10.3. The van der Waals surface area contributed by atoms with E-state index in [-0.39, 0.29) is 5.91 Å². The van der Waals surface area contributed by atoms with Gasteiger partial charge in [0.05, 0.1) is 11.1 Å². The minimum Gasteiger partial charge on any atom is -0.366 e. The molecule has 1 atom stereocenters. The van der Waals surface area contributed by atoms with E-state index in [9.17, 15) is 4.79 Å². The number of aromatic amines is 1. The van der Waals surface area contributed by atoms with Crippen LogP contribution in [-0.4, -0.2) is 36.6 Å². The largest absolute Gasteiger partial charge is 0.366 e. The Hall–Kier alpha value is -2.53. The smallest absolute Gasteiger partial charge is 0.251 e. The van der Waals surface area contributed by atoms with Crippen molar-refractivity contribution in [2.75, 3.05) is 24.5 Å². The van der Waals surface area contributed by atoms with Crippen molar-refractivity contribution in [1.82, 2.24) is 10.3 Å². The minimum absolute atomic E-state index is 0.376. The van der Waals surface area contributed by atoms with E-state index in [2.05, 4.69) is 34.3 Å². The molecule has 3 aromatic rings. The lowest BCUT2D eigenvalue weighted by molar-refractivity contribution is 0.100. The number of H-pyrrole nitrogens is 1. The van der Waals surface area contributed by atoms with E-state index in [0.717, 1.165) is 52.7 Å². The predicted octanol–water partition coefficient (Wildman–Crippen LogP) is 2.53. The maximum atomic E-state index is 12.2. The van der Waals surface area contributed by atoms with Gasteiger partial charge in [0.2, 0.25) is 0 Å². The monoisotopic (exact) mass is 322 g/mol. The van der Waals surface area contributed by atoms with Crippen LogP contribution in [0.5, 0.6) is 0 Å². The summed E-state index contributed by atoms with van der Waals surface area (Å²) in [5.74, 6) is -0.381. The van der Waals surface area contributed by atoms with E-state index >= 15 is 0 Å². The molecule has 5 nitrogen and oxygen atoms in total. The normalized spacial score (nSPS) is 18.4. The van der Waals surface area contributed by atoms with Crippen LogP contribution in [-0.2, 0) is 0 Å². The van der Waals surface area contributed by atoms with Crippen molar-refractivity contribution in [1.29, 1.82) is 0 Å². The number of hydrogen-bond acceptors (Lipinski definition) is 3. The van der Waals surface area contributed by atoms with E-state index in [0.29, 0.717) is 11.6 Å². The van der Waals surface area contributed by atoms with Crippen molar-refractivity contribution >= 4 is 33.4 Å². The fourth-order valence-electron chi connectivity index (χ4n) is 3.88. The number of carbonyl (C=O) groups is 1. The third-order valence-corrected chi connectivity index (χ3v) is 5.09. The molecule has 2 aromatic carbocycles. The molecule has 0 spiro atoms. The molecule has 0 radical (unpaired) electrons. The Balaban J connectivity index is 2.05. The molecule has 1 aliphatic heterocycles. The van der Waals surface area contributed by atoms with Gasteiger partial charge in [-0.3, -0.25) is 4.79 Å². The molecule has 124 valence electrons. The van der Waals surface area contributed by atoms with Crippen LogP contribution in [0, 0.1) is 6.92 Å². The summed E-state index contributed by atoms with van der Waals surface area (Å²) in [4.78, 5) is 18.0. The number of aromatic nitrogens is 1. The van der Waals surface area contributed by atoms with E-state index in [4.69, 9.17) is 5.73 Å². The first-order chi connectivity index (χ1) is 11.6. The molecule has 4 N–H and O–H groups in total. The molecule has 24 heavy (non-hydrogen) atoms. The zero-order valence-corrected chi connectivity index (χ0v) is 14.0. The number of nitrogens with one attached hydrogen (secondary N) is 2. The number of nitrogens with zero attached hydrogens (tertiary/aromatic N) is 1. The van der Waals surface area contributed by atoms with Gasteiger partial charge in [-0.05, 0) is 31.5 Å². The van der Waals surface area contributed by atoms with E-state index in [1.54, 1.807) is 0 Å². The first kappa shape index (κ1) is 15.0. The zero-order chi connectivity index (χ0) is 16.8. The molecule has 1 unspecified atom stereocenters. The molecule has 0 aliphatic carbocycles. The third kappa shape index (κ3) is 2.16. The Kier molecular flexibility index (Phi) is 3.46. The van der Waals surface area contributed by atoms with Crippen LogP contribution in [0.3, 0.4) is 0 Å². The summed E-state index contributed by atoms with van der Waals surface area (Å²) in [6.07, 6.45) is 0. The van der Waals surface area contributed by atoms with Crippen LogP contribution in [0.15, 0.2) is 30.3 Å². The van der Waals surface area contributed by atoms with Crippen LogP contribution < -0.4 is 16.0 Å². The van der Waals surface area contributed by atoms with Gasteiger partial charge in [0, 0.05) is 47.7 Å². The van der Waals surface area contributed by atoms with Crippen LogP contribution >= 0.6 is 0 Å². The Labute approximate surface area is 140 Å². The van der Waals surface area contributed by atoms with Crippen LogP contribution in [0.2, 0.25) is 0 Å². The van der Waals surface area contributed by atoms with Gasteiger partial charge in [0.15, 0.2) is 0 Å². The van der Waals surface area contributed by atoms with Gasteiger partial charge in [-0.1, -0.05) is 18.2 Å². The zero-order valence-electron chi connectivity index (χ0n) is 14.0. The van der Waals surface area contributed by atoms with E-state index < -0.39 is 0 Å². The lowest BCUT2D eigenvalue weighted by Gasteiger charge is -2.37. The Morgan fingerprint density at radius 3 is 2.83 bits per heavy atom. The molecule has 5 heteroatoms. The van der Waals surface area contributed by atoms with Gasteiger partial charge < -0.3 is 20.9 Å². The highest BCUT2D eigenvalue weighted by Gasteiger charge is 2.24. The number of para-hydroxylation sites is 1. The summed E-state index contributed by atoms with van der Waals surface area (Å²) in [7, 11) is 0. The van der Waals surface area contributed by atoms with Gasteiger partial charge in [-0.15, -0.1) is 0 Å². The van der Waals surface area contributed by atoms with Crippen molar-refractivity contribution in [2.45, 2.75) is 19.9 Å². The highest BCUT2D eigenvalue weighted by Crippen LogP contribution is 2.36. The second kappa shape index (κ2) is 5.53. The molecule has 4 rings (SSSR count). The molecule has 1 amide bonds. The fourth-order valence-corrected chi connectivity index (χ4v) is 3.88. The maximum Gasteiger partial charge on any atom is 0.251 e. The standard InChI is InChI=1S/C19H22N4O/c1-11-10-21-7-8-23(11)16-9-14-13-5-3-4-6-15(13)22-18(14)17(12(16)2)19(20)24/h3-6,9,11,21-22H,7-8,10H2,1-2H3,(H2,20,24). The van der Waals surface area contributed by atoms with Crippen molar-refractivity contribution in [3.63, 3.8) is 0 Å². The average Bonchev–Trinajstić information content (AvgIpc) is 2.92. The lowest BCUT2D eigenvalue weighted by atomic mass is 9.99. The first-order valence-corrected chi connectivity index (χ1v) is 8.39. The molecule has 1 fully saturated rings. The van der Waals surface area contributed by atoms with Gasteiger partial charge >= 0.3 is 0 Å². The molecular formula is C19H22N4O. The molecule has 1 aromatic heterocycles. The van der Waals surface area contributed by atoms with Crippen LogP contribution in [0.1, 0.15) is 22.8 Å². The Morgan fingerprint density at radius 2 is 2.08 bits per heavy atom. The number of carbonyl (C=O) groups excluding carboxylic acids is 1. The molecule has 0 saturated carbocycles. The third-order valence-electron chi connectivity index (χ3n) is 5.09. The average molecular weight is 322 g/mol. The fraction of sp³-hybridized carbons (Fsp3) is 0.316. The summed E-state index contributed by atoms with van der Waals surface area (Å²) >= 11 is 0. The highest BCUT2D eigenvalue weighted by molar-refractivity contribution is 6.17. The van der Waals surface area contributed by atoms with Crippen molar-refractivity contribution in [3.05, 3.63) is 41.5 Å². The number of piperazine rings is 1. The SMILES string of the molecule is Cc1c(N2CCNCC2C)cc2c([nH]c3ccccc32)c1C(N)=O. The second-order valence-electron chi connectivity index (χ2n) is 6.60. The number of hydrogen-bond donors (Lipinski definition) is 3. The Bertz CT molecular complexity index is 943. The maximum absolute atomic E-state index is 12.2. The van der Waals surface area contributed by atoms with Crippen LogP contribution in [0.4, 0.5) is 5.69 Å². The molecule has 0 bridgehead atoms. The van der Waals surface area contributed by atoms with E-state index in [1.165, 1.54) is 0 Å². The number of rotatable bonds is 2. The van der Waals surface area contributed by atoms with E-state index in [1.807, 2.05) is 25.1 Å². The predicted molar refractivity (Wildman–Crippen MR) is 98.7 cm³/mol. The lowest BCUT2D eigenvalue weighted by Crippen LogP contribution is -2.50. The first-order valence-electron chi connectivity index (χ1n) is 8.39. The Morgan fingerprint density at radius 1 is 1.29 bits per heavy atom. The van der Waals surface area contributed by atoms with Gasteiger partial charge in [0.25, 0.3) is 5.91 Å². The summed E-state index contributed by atoms with van der Waals surface area (Å²) in [6, 6.07) is 10.7. The quantitative estimate of drug-likeness (QED) is 0.679. The number of nitrogens with two attached hydrogens (primary N) is 1. The number of benzene rings is 2. The number of primary amides is 1.